The number of hydrogen-bond acceptors (Lipinski definition) is 3. The molecule has 24 heavy (non-hydrogen) atoms. The van der Waals surface area contributed by atoms with Crippen LogP contribution in [-0.2, 0) is 6.18 Å². The number of carbonyl (C=O) groups is 1. The Morgan fingerprint density at radius 1 is 1.17 bits per heavy atom. The highest BCUT2D eigenvalue weighted by atomic mass is 19.4. The van der Waals surface area contributed by atoms with E-state index in [9.17, 15) is 23.1 Å². The third-order valence-corrected chi connectivity index (χ3v) is 3.91. The lowest BCUT2D eigenvalue weighted by atomic mass is 10.0. The number of alkyl halides is 3. The van der Waals surface area contributed by atoms with Gasteiger partial charge in [0.05, 0.1) is 12.7 Å². The molecule has 0 radical (unpaired) electrons. The van der Waals surface area contributed by atoms with Gasteiger partial charge in [0.25, 0.3) is 0 Å². The fraction of sp³-hybridized carbons (Fsp3) is 0.167. The molecule has 1 aliphatic carbocycles. The first-order valence-electron chi connectivity index (χ1n) is 7.11. The quantitative estimate of drug-likeness (QED) is 0.844. The SMILES string of the molecule is COc1ccc(C=C2C(=O)c3ccccc3C2O)cc1C(F)(F)F. The topological polar surface area (TPSA) is 46.5 Å². The number of fused-ring (bicyclic) bond motifs is 1. The molecular formula is C18H13F3O3. The molecule has 1 unspecified atom stereocenters. The van der Waals surface area contributed by atoms with Crippen molar-refractivity contribution in [1.29, 1.82) is 0 Å². The van der Waals surface area contributed by atoms with Crippen LogP contribution in [0.3, 0.4) is 0 Å². The number of Topliss-reactive ketones (excluding diaryl/α,β-unsaturated/α-hetero) is 1. The lowest BCUT2D eigenvalue weighted by Crippen LogP contribution is -2.08. The van der Waals surface area contributed by atoms with E-state index >= 15 is 0 Å². The van der Waals surface area contributed by atoms with E-state index in [1.165, 1.54) is 18.2 Å². The van der Waals surface area contributed by atoms with Gasteiger partial charge in [0.15, 0.2) is 5.78 Å². The number of halogens is 3. The highest BCUT2D eigenvalue weighted by molar-refractivity contribution is 6.16. The summed E-state index contributed by atoms with van der Waals surface area (Å²) in [5, 5.41) is 10.3. The zero-order valence-corrected chi connectivity index (χ0v) is 12.6. The molecular weight excluding hydrogens is 321 g/mol. The average Bonchev–Trinajstić information content (AvgIpc) is 2.79. The Balaban J connectivity index is 2.06. The molecule has 0 spiro atoms. The van der Waals surface area contributed by atoms with Crippen LogP contribution >= 0.6 is 0 Å². The number of rotatable bonds is 2. The molecule has 0 saturated carbocycles. The molecule has 2 aromatic rings. The summed E-state index contributed by atoms with van der Waals surface area (Å²) in [5.41, 5.74) is 0.101. The van der Waals surface area contributed by atoms with Crippen molar-refractivity contribution in [2.75, 3.05) is 7.11 Å². The first kappa shape index (κ1) is 16.3. The molecule has 0 heterocycles. The van der Waals surface area contributed by atoms with E-state index in [2.05, 4.69) is 0 Å². The van der Waals surface area contributed by atoms with E-state index in [1.54, 1.807) is 24.3 Å². The summed E-state index contributed by atoms with van der Waals surface area (Å²) < 4.78 is 44.0. The summed E-state index contributed by atoms with van der Waals surface area (Å²) in [5.74, 6) is -0.686. The number of ether oxygens (including phenoxy) is 1. The molecule has 2 aromatic carbocycles. The number of ketones is 1. The maximum absolute atomic E-state index is 13.1. The van der Waals surface area contributed by atoms with Crippen molar-refractivity contribution >= 4 is 11.9 Å². The molecule has 1 atom stereocenters. The van der Waals surface area contributed by atoms with Crippen molar-refractivity contribution in [2.45, 2.75) is 12.3 Å². The zero-order chi connectivity index (χ0) is 17.5. The molecule has 1 aliphatic rings. The largest absolute Gasteiger partial charge is 0.496 e. The van der Waals surface area contributed by atoms with Crippen molar-refractivity contribution in [2.24, 2.45) is 0 Å². The summed E-state index contributed by atoms with van der Waals surface area (Å²) in [7, 11) is 1.16. The Labute approximate surface area is 136 Å². The van der Waals surface area contributed by atoms with Crippen LogP contribution in [0.1, 0.15) is 33.2 Å². The smallest absolute Gasteiger partial charge is 0.419 e. The zero-order valence-electron chi connectivity index (χ0n) is 12.6. The minimum atomic E-state index is -4.58. The predicted molar refractivity (Wildman–Crippen MR) is 81.7 cm³/mol. The molecule has 3 rings (SSSR count). The van der Waals surface area contributed by atoms with Gasteiger partial charge in [-0.25, -0.2) is 0 Å². The standard InChI is InChI=1S/C18H13F3O3/c1-24-15-7-6-10(9-14(15)18(19,20)21)8-13-16(22)11-4-2-3-5-12(11)17(13)23/h2-9,16,22H,1H3. The molecule has 0 fully saturated rings. The third-order valence-electron chi connectivity index (χ3n) is 3.91. The van der Waals surface area contributed by atoms with Crippen molar-refractivity contribution in [1.82, 2.24) is 0 Å². The van der Waals surface area contributed by atoms with E-state index in [0.717, 1.165) is 13.2 Å². The van der Waals surface area contributed by atoms with Crippen LogP contribution in [0.15, 0.2) is 48.0 Å². The van der Waals surface area contributed by atoms with Gasteiger partial charge in [-0.1, -0.05) is 30.3 Å². The Morgan fingerprint density at radius 3 is 2.50 bits per heavy atom. The minimum Gasteiger partial charge on any atom is -0.496 e. The van der Waals surface area contributed by atoms with Crippen LogP contribution in [0.25, 0.3) is 6.08 Å². The van der Waals surface area contributed by atoms with E-state index in [-0.39, 0.29) is 22.7 Å². The van der Waals surface area contributed by atoms with Gasteiger partial charge in [0, 0.05) is 11.1 Å². The summed E-state index contributed by atoms with van der Waals surface area (Å²) in [6.45, 7) is 0. The molecule has 124 valence electrons. The van der Waals surface area contributed by atoms with Gasteiger partial charge < -0.3 is 9.84 Å². The number of benzene rings is 2. The number of carbonyl (C=O) groups excluding carboxylic acids is 1. The van der Waals surface area contributed by atoms with Gasteiger partial charge >= 0.3 is 6.18 Å². The second-order valence-corrected chi connectivity index (χ2v) is 5.38. The molecule has 1 N–H and O–H groups in total. The van der Waals surface area contributed by atoms with Crippen LogP contribution in [0.4, 0.5) is 13.2 Å². The highest BCUT2D eigenvalue weighted by Gasteiger charge is 2.35. The summed E-state index contributed by atoms with van der Waals surface area (Å²) in [6, 6.07) is 10.0. The van der Waals surface area contributed by atoms with Crippen molar-refractivity contribution < 1.29 is 27.8 Å². The number of hydrogen-bond donors (Lipinski definition) is 1. The second kappa shape index (κ2) is 5.79. The van der Waals surface area contributed by atoms with Gasteiger partial charge in [0.2, 0.25) is 0 Å². The Bertz CT molecular complexity index is 838. The molecule has 0 aromatic heterocycles. The molecule has 0 aliphatic heterocycles. The fourth-order valence-electron chi connectivity index (χ4n) is 2.75. The van der Waals surface area contributed by atoms with Crippen LogP contribution in [-0.4, -0.2) is 18.0 Å². The molecule has 0 bridgehead atoms. The lowest BCUT2D eigenvalue weighted by Gasteiger charge is -2.13. The van der Waals surface area contributed by atoms with E-state index in [0.29, 0.717) is 11.1 Å². The van der Waals surface area contributed by atoms with Crippen LogP contribution in [0, 0.1) is 0 Å². The van der Waals surface area contributed by atoms with Crippen molar-refractivity contribution in [3.05, 3.63) is 70.3 Å². The first-order valence-corrected chi connectivity index (χ1v) is 7.11. The van der Waals surface area contributed by atoms with Crippen molar-refractivity contribution in [3.8, 4) is 5.75 Å². The molecule has 0 amide bonds. The molecule has 6 heteroatoms. The van der Waals surface area contributed by atoms with Crippen LogP contribution in [0.2, 0.25) is 0 Å². The minimum absolute atomic E-state index is 0.0505. The molecule has 3 nitrogen and oxygen atoms in total. The fourth-order valence-corrected chi connectivity index (χ4v) is 2.75. The van der Waals surface area contributed by atoms with Crippen LogP contribution < -0.4 is 4.74 Å². The van der Waals surface area contributed by atoms with E-state index in [1.807, 2.05) is 0 Å². The van der Waals surface area contributed by atoms with Gasteiger partial charge in [-0.3, -0.25) is 4.79 Å². The summed E-state index contributed by atoms with van der Waals surface area (Å²) in [4.78, 5) is 12.3. The van der Waals surface area contributed by atoms with Gasteiger partial charge in [0.1, 0.15) is 11.9 Å². The average molecular weight is 334 g/mol. The van der Waals surface area contributed by atoms with E-state index in [4.69, 9.17) is 4.74 Å². The number of methoxy groups -OCH3 is 1. The Kier molecular flexibility index (Phi) is 3.93. The summed E-state index contributed by atoms with van der Waals surface area (Å²) in [6.07, 6.45) is -4.45. The predicted octanol–water partition coefficient (Wildman–Crippen LogP) is 4.03. The van der Waals surface area contributed by atoms with Gasteiger partial charge in [-0.2, -0.15) is 13.2 Å². The normalized spacial score (nSPS) is 18.8. The highest BCUT2D eigenvalue weighted by Crippen LogP contribution is 2.39. The number of aliphatic hydroxyl groups excluding tert-OH is 1. The van der Waals surface area contributed by atoms with E-state index < -0.39 is 17.8 Å². The Morgan fingerprint density at radius 2 is 1.88 bits per heavy atom. The second-order valence-electron chi connectivity index (χ2n) is 5.38. The lowest BCUT2D eigenvalue weighted by molar-refractivity contribution is -0.138. The number of aliphatic hydroxyl groups is 1. The maximum Gasteiger partial charge on any atom is 0.419 e. The summed E-state index contributed by atoms with van der Waals surface area (Å²) >= 11 is 0. The monoisotopic (exact) mass is 334 g/mol. The first-order chi connectivity index (χ1) is 11.3. The Hall–Kier alpha value is -2.60. The van der Waals surface area contributed by atoms with Crippen molar-refractivity contribution in [3.63, 3.8) is 0 Å². The maximum atomic E-state index is 13.1. The van der Waals surface area contributed by atoms with Crippen LogP contribution in [0.5, 0.6) is 5.75 Å². The molecule has 0 saturated heterocycles. The van der Waals surface area contributed by atoms with Gasteiger partial charge in [-0.15, -0.1) is 0 Å². The van der Waals surface area contributed by atoms with Gasteiger partial charge in [-0.05, 0) is 29.3 Å². The third kappa shape index (κ3) is 2.69.